The maximum Gasteiger partial charge on any atom is 0.251 e. The third-order valence-electron chi connectivity index (χ3n) is 3.45. The molecule has 1 aliphatic heterocycles. The summed E-state index contributed by atoms with van der Waals surface area (Å²) in [5.41, 5.74) is 0.607. The van der Waals surface area contributed by atoms with Gasteiger partial charge in [0.2, 0.25) is 0 Å². The third-order valence-corrected chi connectivity index (χ3v) is 3.45. The molecule has 2 aliphatic rings. The molecule has 1 spiro atoms. The number of likely N-dealkylation sites (tertiary alicyclic amines) is 1. The Morgan fingerprint density at radius 1 is 1.31 bits per heavy atom. The van der Waals surface area contributed by atoms with Crippen molar-refractivity contribution in [2.75, 3.05) is 13.1 Å². The van der Waals surface area contributed by atoms with Crippen molar-refractivity contribution in [2.24, 2.45) is 5.41 Å². The molecule has 1 heterocycles. The van der Waals surface area contributed by atoms with E-state index in [-0.39, 0.29) is 5.91 Å². The third kappa shape index (κ3) is 1.70. The highest BCUT2D eigenvalue weighted by atomic mass is 16.3. The average molecular weight is 183 g/mol. The second kappa shape index (κ2) is 2.98. The van der Waals surface area contributed by atoms with Crippen molar-refractivity contribution in [3.05, 3.63) is 0 Å². The van der Waals surface area contributed by atoms with Crippen LogP contribution < -0.4 is 0 Å². The van der Waals surface area contributed by atoms with Crippen LogP contribution in [0.25, 0.3) is 0 Å². The highest BCUT2D eigenvalue weighted by Gasteiger charge is 2.45. The number of rotatable bonds is 1. The van der Waals surface area contributed by atoms with E-state index in [0.29, 0.717) is 5.41 Å². The Kier molecular flexibility index (Phi) is 2.06. The van der Waals surface area contributed by atoms with Gasteiger partial charge in [0.1, 0.15) is 6.10 Å². The van der Waals surface area contributed by atoms with Crippen molar-refractivity contribution in [2.45, 2.75) is 38.7 Å². The molecule has 74 valence electrons. The van der Waals surface area contributed by atoms with Crippen LogP contribution in [0, 0.1) is 5.41 Å². The fourth-order valence-electron chi connectivity index (χ4n) is 2.14. The first-order valence-corrected chi connectivity index (χ1v) is 5.10. The molecule has 3 heteroatoms. The molecule has 1 atom stereocenters. The lowest BCUT2D eigenvalue weighted by Gasteiger charge is -2.32. The first-order chi connectivity index (χ1) is 6.13. The van der Waals surface area contributed by atoms with Gasteiger partial charge in [-0.15, -0.1) is 0 Å². The summed E-state index contributed by atoms with van der Waals surface area (Å²) in [5, 5.41) is 9.13. The van der Waals surface area contributed by atoms with Gasteiger partial charge in [0.25, 0.3) is 5.91 Å². The maximum atomic E-state index is 11.4. The van der Waals surface area contributed by atoms with E-state index in [1.54, 1.807) is 11.8 Å². The first-order valence-electron chi connectivity index (χ1n) is 5.10. The lowest BCUT2D eigenvalue weighted by molar-refractivity contribution is -0.140. The van der Waals surface area contributed by atoms with Crippen molar-refractivity contribution < 1.29 is 9.90 Å². The molecule has 0 unspecified atom stereocenters. The number of carbonyl (C=O) groups excluding carboxylic acids is 1. The lowest BCUT2D eigenvalue weighted by atomic mass is 9.93. The largest absolute Gasteiger partial charge is 0.384 e. The summed E-state index contributed by atoms with van der Waals surface area (Å²) in [5.74, 6) is -0.101. The van der Waals surface area contributed by atoms with Gasteiger partial charge >= 0.3 is 0 Å². The topological polar surface area (TPSA) is 40.5 Å². The van der Waals surface area contributed by atoms with E-state index in [4.69, 9.17) is 5.11 Å². The molecule has 0 radical (unpaired) electrons. The van der Waals surface area contributed by atoms with Crippen LogP contribution in [-0.2, 0) is 4.79 Å². The Hall–Kier alpha value is -0.570. The number of nitrogens with zero attached hydrogens (tertiary/aromatic N) is 1. The summed E-state index contributed by atoms with van der Waals surface area (Å²) in [6.45, 7) is 3.25. The van der Waals surface area contributed by atoms with Gasteiger partial charge in [0.05, 0.1) is 0 Å². The summed E-state index contributed by atoms with van der Waals surface area (Å²) >= 11 is 0. The van der Waals surface area contributed by atoms with Gasteiger partial charge in [-0.25, -0.2) is 0 Å². The SMILES string of the molecule is C[C@H](O)C(=O)N1CCC2(CC1)CC2. The zero-order valence-corrected chi connectivity index (χ0v) is 8.12. The van der Waals surface area contributed by atoms with E-state index in [1.165, 1.54) is 12.8 Å². The number of hydrogen-bond donors (Lipinski definition) is 1. The second-order valence-electron chi connectivity index (χ2n) is 4.50. The fourth-order valence-corrected chi connectivity index (χ4v) is 2.14. The summed E-state index contributed by atoms with van der Waals surface area (Å²) in [7, 11) is 0. The van der Waals surface area contributed by atoms with Crippen LogP contribution in [0.2, 0.25) is 0 Å². The van der Waals surface area contributed by atoms with Crippen LogP contribution in [0.5, 0.6) is 0 Å². The molecule has 1 saturated heterocycles. The predicted octanol–water partition coefficient (Wildman–Crippen LogP) is 0.770. The number of aliphatic hydroxyl groups is 1. The highest BCUT2D eigenvalue weighted by molar-refractivity contribution is 5.80. The molecule has 0 aromatic rings. The van der Waals surface area contributed by atoms with Gasteiger partial charge in [-0.05, 0) is 38.0 Å². The first kappa shape index (κ1) is 9.00. The van der Waals surface area contributed by atoms with Crippen molar-refractivity contribution in [1.82, 2.24) is 4.90 Å². The number of hydrogen-bond acceptors (Lipinski definition) is 2. The molecule has 0 bridgehead atoms. The minimum Gasteiger partial charge on any atom is -0.384 e. The molecule has 0 aromatic heterocycles. The van der Waals surface area contributed by atoms with Gasteiger partial charge in [-0.1, -0.05) is 0 Å². The zero-order chi connectivity index (χ0) is 9.47. The fraction of sp³-hybridized carbons (Fsp3) is 0.900. The lowest BCUT2D eigenvalue weighted by Crippen LogP contribution is -2.43. The minimum atomic E-state index is -0.826. The maximum absolute atomic E-state index is 11.4. The minimum absolute atomic E-state index is 0.101. The van der Waals surface area contributed by atoms with Crippen LogP contribution in [-0.4, -0.2) is 35.1 Å². The molecule has 1 saturated carbocycles. The van der Waals surface area contributed by atoms with E-state index >= 15 is 0 Å². The van der Waals surface area contributed by atoms with Gasteiger partial charge < -0.3 is 10.0 Å². The molecule has 13 heavy (non-hydrogen) atoms. The van der Waals surface area contributed by atoms with E-state index in [1.807, 2.05) is 0 Å². The van der Waals surface area contributed by atoms with Crippen molar-refractivity contribution in [3.63, 3.8) is 0 Å². The second-order valence-corrected chi connectivity index (χ2v) is 4.50. The standard InChI is InChI=1S/C10H17NO2/c1-8(12)9(13)11-6-4-10(2-3-10)5-7-11/h8,12H,2-7H2,1H3/t8-/m0/s1. The van der Waals surface area contributed by atoms with E-state index < -0.39 is 6.10 Å². The Labute approximate surface area is 78.7 Å². The zero-order valence-electron chi connectivity index (χ0n) is 8.12. The van der Waals surface area contributed by atoms with Crippen LogP contribution in [0.1, 0.15) is 32.6 Å². The molecule has 0 aromatic carbocycles. The predicted molar refractivity (Wildman–Crippen MR) is 49.2 cm³/mol. The van der Waals surface area contributed by atoms with E-state index in [9.17, 15) is 4.79 Å². The Bertz CT molecular complexity index is 211. The number of carbonyl (C=O) groups is 1. The molecule has 3 nitrogen and oxygen atoms in total. The highest BCUT2D eigenvalue weighted by Crippen LogP contribution is 2.53. The number of piperidine rings is 1. The average Bonchev–Trinajstić information content (AvgIpc) is 2.85. The van der Waals surface area contributed by atoms with Crippen LogP contribution in [0.3, 0.4) is 0 Å². The van der Waals surface area contributed by atoms with Crippen molar-refractivity contribution >= 4 is 5.91 Å². The Balaban J connectivity index is 1.87. The van der Waals surface area contributed by atoms with Gasteiger partial charge in [0.15, 0.2) is 0 Å². The summed E-state index contributed by atoms with van der Waals surface area (Å²) in [4.78, 5) is 13.2. The van der Waals surface area contributed by atoms with Gasteiger partial charge in [0, 0.05) is 13.1 Å². The molecule has 2 rings (SSSR count). The quantitative estimate of drug-likeness (QED) is 0.652. The van der Waals surface area contributed by atoms with Crippen molar-refractivity contribution in [3.8, 4) is 0 Å². The molecular weight excluding hydrogens is 166 g/mol. The Morgan fingerprint density at radius 2 is 1.85 bits per heavy atom. The normalized spacial score (nSPS) is 27.4. The van der Waals surface area contributed by atoms with E-state index in [2.05, 4.69) is 0 Å². The van der Waals surface area contributed by atoms with Gasteiger partial charge in [-0.2, -0.15) is 0 Å². The number of amides is 1. The molecule has 1 amide bonds. The van der Waals surface area contributed by atoms with Gasteiger partial charge in [-0.3, -0.25) is 4.79 Å². The van der Waals surface area contributed by atoms with Crippen LogP contribution in [0.4, 0.5) is 0 Å². The summed E-state index contributed by atoms with van der Waals surface area (Å²) in [6, 6.07) is 0. The Morgan fingerprint density at radius 3 is 2.23 bits per heavy atom. The van der Waals surface area contributed by atoms with Crippen molar-refractivity contribution in [1.29, 1.82) is 0 Å². The molecule has 1 aliphatic carbocycles. The summed E-state index contributed by atoms with van der Waals surface area (Å²) < 4.78 is 0. The molecule has 2 fully saturated rings. The molecular formula is C10H17NO2. The summed E-state index contributed by atoms with van der Waals surface area (Å²) in [6.07, 6.45) is 4.16. The number of aliphatic hydroxyl groups excluding tert-OH is 1. The van der Waals surface area contributed by atoms with Crippen LogP contribution in [0.15, 0.2) is 0 Å². The molecule has 1 N–H and O–H groups in total. The van der Waals surface area contributed by atoms with E-state index in [0.717, 1.165) is 25.9 Å². The van der Waals surface area contributed by atoms with Crippen LogP contribution >= 0.6 is 0 Å². The smallest absolute Gasteiger partial charge is 0.251 e. The monoisotopic (exact) mass is 183 g/mol.